The van der Waals surface area contributed by atoms with Crippen LogP contribution < -0.4 is 9.47 Å². The van der Waals surface area contributed by atoms with Crippen molar-refractivity contribution in [1.29, 1.82) is 0 Å². The first kappa shape index (κ1) is 27.6. The Morgan fingerprint density at radius 2 is 1.84 bits per heavy atom. The predicted octanol–water partition coefficient (Wildman–Crippen LogP) is 3.64. The number of amidine groups is 1. The molecule has 4 rings (SSSR count). The molecule has 204 valence electrons. The highest BCUT2D eigenvalue weighted by atomic mass is 32.2. The average molecular weight is 544 g/mol. The zero-order chi connectivity index (χ0) is 27.4. The smallest absolute Gasteiger partial charge is 0.338 e. The maximum Gasteiger partial charge on any atom is 0.338 e. The van der Waals surface area contributed by atoms with Gasteiger partial charge in [-0.15, -0.1) is 0 Å². The van der Waals surface area contributed by atoms with Crippen molar-refractivity contribution in [1.82, 2.24) is 9.80 Å². The molecule has 1 amide bonds. The predicted molar refractivity (Wildman–Crippen MR) is 143 cm³/mol. The normalized spacial score (nSPS) is 19.4. The van der Waals surface area contributed by atoms with Crippen LogP contribution in [0.25, 0.3) is 0 Å². The summed E-state index contributed by atoms with van der Waals surface area (Å²) < 4.78 is 21.3. The minimum atomic E-state index is -0.612. The fourth-order valence-electron chi connectivity index (χ4n) is 4.97. The van der Waals surface area contributed by atoms with Crippen LogP contribution in [0.3, 0.4) is 0 Å². The molecule has 1 atom stereocenters. The van der Waals surface area contributed by atoms with Gasteiger partial charge in [0.1, 0.15) is 11.5 Å². The molecular formula is C27H33N3O7S. The van der Waals surface area contributed by atoms with E-state index in [1.807, 2.05) is 16.4 Å². The molecule has 1 aromatic rings. The quantitative estimate of drug-likeness (QED) is 0.454. The lowest BCUT2D eigenvalue weighted by Gasteiger charge is -2.37. The summed E-state index contributed by atoms with van der Waals surface area (Å²) in [4.78, 5) is 46.8. The van der Waals surface area contributed by atoms with Gasteiger partial charge in [0.25, 0.3) is 0 Å². The van der Waals surface area contributed by atoms with E-state index in [0.29, 0.717) is 60.5 Å². The van der Waals surface area contributed by atoms with Crippen molar-refractivity contribution in [2.75, 3.05) is 41.0 Å². The van der Waals surface area contributed by atoms with E-state index in [0.717, 1.165) is 11.3 Å². The highest BCUT2D eigenvalue weighted by Crippen LogP contribution is 2.47. The second-order valence-electron chi connectivity index (χ2n) is 9.08. The summed E-state index contributed by atoms with van der Waals surface area (Å²) in [5, 5.41) is 2.57. The third-order valence-corrected chi connectivity index (χ3v) is 7.83. The Kier molecular flexibility index (Phi) is 8.65. The lowest BCUT2D eigenvalue weighted by molar-refractivity contribution is -0.151. The Hall–Kier alpha value is -3.47. The Morgan fingerprint density at radius 1 is 1.11 bits per heavy atom. The summed E-state index contributed by atoms with van der Waals surface area (Å²) in [5.41, 5.74) is 2.36. The van der Waals surface area contributed by atoms with Gasteiger partial charge in [-0.1, -0.05) is 11.8 Å². The van der Waals surface area contributed by atoms with Crippen LogP contribution >= 0.6 is 11.8 Å². The van der Waals surface area contributed by atoms with Gasteiger partial charge in [-0.2, -0.15) is 0 Å². The number of carbonyl (C=O) groups excluding carboxylic acids is 3. The zero-order valence-corrected chi connectivity index (χ0v) is 23.1. The molecule has 0 spiro atoms. The third kappa shape index (κ3) is 5.38. The molecular weight excluding hydrogens is 510 g/mol. The number of rotatable bonds is 8. The van der Waals surface area contributed by atoms with Crippen LogP contribution in [-0.2, 0) is 23.9 Å². The van der Waals surface area contributed by atoms with Gasteiger partial charge >= 0.3 is 11.9 Å². The summed E-state index contributed by atoms with van der Waals surface area (Å²) in [6, 6.07) is 4.80. The molecule has 1 aromatic carbocycles. The number of piperidine rings is 1. The van der Waals surface area contributed by atoms with Crippen LogP contribution in [-0.4, -0.2) is 73.8 Å². The summed E-state index contributed by atoms with van der Waals surface area (Å²) in [6.07, 6.45) is 1.28. The van der Waals surface area contributed by atoms with Crippen molar-refractivity contribution >= 4 is 34.8 Å². The monoisotopic (exact) mass is 543 g/mol. The first-order chi connectivity index (χ1) is 18.3. The lowest BCUT2D eigenvalue weighted by Crippen LogP contribution is -2.42. The van der Waals surface area contributed by atoms with Crippen LogP contribution in [0.5, 0.6) is 11.5 Å². The third-order valence-electron chi connectivity index (χ3n) is 6.94. The van der Waals surface area contributed by atoms with Gasteiger partial charge in [0.05, 0.1) is 57.6 Å². The second kappa shape index (κ2) is 11.9. The van der Waals surface area contributed by atoms with Crippen LogP contribution in [0.2, 0.25) is 0 Å². The standard InChI is InChI=1S/C27H33N3O7S/c1-6-37-25(32)17-9-11-29(12-10-17)22(31)13-18-15-38-27-28-16(2)23(26(33)36-5)24(30(18)27)20-8-7-19(34-3)14-21(20)35-4/h7-8,14-15,17,24H,6,9-13H2,1-5H3/t24-/m1/s1. The van der Waals surface area contributed by atoms with Crippen molar-refractivity contribution in [3.05, 3.63) is 46.1 Å². The molecule has 1 saturated heterocycles. The van der Waals surface area contributed by atoms with Gasteiger partial charge in [-0.3, -0.25) is 9.59 Å². The van der Waals surface area contributed by atoms with Crippen LogP contribution in [0, 0.1) is 5.92 Å². The van der Waals surface area contributed by atoms with E-state index >= 15 is 0 Å². The van der Waals surface area contributed by atoms with E-state index in [2.05, 4.69) is 4.99 Å². The number of hydrogen-bond donors (Lipinski definition) is 0. The molecule has 0 bridgehead atoms. The lowest BCUT2D eigenvalue weighted by atomic mass is 9.92. The van der Waals surface area contributed by atoms with E-state index in [9.17, 15) is 14.4 Å². The van der Waals surface area contributed by atoms with E-state index in [1.54, 1.807) is 45.1 Å². The summed E-state index contributed by atoms with van der Waals surface area (Å²) in [7, 11) is 4.47. The number of carbonyl (C=O) groups is 3. The number of hydrogen-bond acceptors (Lipinski definition) is 10. The number of methoxy groups -OCH3 is 3. The number of allylic oxidation sites excluding steroid dienone is 1. The second-order valence-corrected chi connectivity index (χ2v) is 9.91. The van der Waals surface area contributed by atoms with Gasteiger partial charge in [0, 0.05) is 30.4 Å². The van der Waals surface area contributed by atoms with Crippen molar-refractivity contribution in [2.45, 2.75) is 39.2 Å². The van der Waals surface area contributed by atoms with Crippen molar-refractivity contribution < 1.29 is 33.3 Å². The largest absolute Gasteiger partial charge is 0.497 e. The van der Waals surface area contributed by atoms with Gasteiger partial charge in [-0.05, 0) is 44.2 Å². The molecule has 11 heteroatoms. The molecule has 0 radical (unpaired) electrons. The van der Waals surface area contributed by atoms with Gasteiger partial charge in [0.2, 0.25) is 5.91 Å². The van der Waals surface area contributed by atoms with Gasteiger partial charge < -0.3 is 28.7 Å². The number of benzene rings is 1. The first-order valence-corrected chi connectivity index (χ1v) is 13.4. The number of amides is 1. The highest BCUT2D eigenvalue weighted by molar-refractivity contribution is 8.16. The van der Waals surface area contributed by atoms with Crippen LogP contribution in [0.1, 0.15) is 44.7 Å². The van der Waals surface area contributed by atoms with E-state index < -0.39 is 12.0 Å². The molecule has 38 heavy (non-hydrogen) atoms. The van der Waals surface area contributed by atoms with Crippen LogP contribution in [0.15, 0.2) is 45.6 Å². The molecule has 3 aliphatic heterocycles. The number of esters is 2. The maximum atomic E-state index is 13.4. The minimum Gasteiger partial charge on any atom is -0.497 e. The van der Waals surface area contributed by atoms with E-state index in [1.165, 1.54) is 18.9 Å². The number of ether oxygens (including phenoxy) is 4. The summed E-state index contributed by atoms with van der Waals surface area (Å²) >= 11 is 1.41. The van der Waals surface area contributed by atoms with Crippen LogP contribution in [0.4, 0.5) is 0 Å². The Morgan fingerprint density at radius 3 is 2.47 bits per heavy atom. The Bertz CT molecular complexity index is 1200. The molecule has 0 unspecified atom stereocenters. The minimum absolute atomic E-state index is 0.0493. The molecule has 1 fully saturated rings. The number of aliphatic imine (C=N–C) groups is 1. The molecule has 0 saturated carbocycles. The SMILES string of the molecule is CCOC(=O)C1CCN(C(=O)CC2=CSC3=NC(C)=C(C(=O)OC)[C@@H](c4ccc(OC)cc4OC)N23)CC1. The zero-order valence-electron chi connectivity index (χ0n) is 22.3. The average Bonchev–Trinajstić information content (AvgIpc) is 3.33. The summed E-state index contributed by atoms with van der Waals surface area (Å²) in [6.45, 7) is 4.90. The highest BCUT2D eigenvalue weighted by Gasteiger charge is 2.42. The molecule has 0 aromatic heterocycles. The molecule has 0 N–H and O–H groups in total. The fraction of sp³-hybridized carbons (Fsp3) is 0.481. The molecule has 3 aliphatic rings. The number of likely N-dealkylation sites (tertiary alicyclic amines) is 1. The molecule has 0 aliphatic carbocycles. The van der Waals surface area contributed by atoms with Gasteiger partial charge in [-0.25, -0.2) is 9.79 Å². The Labute approximate surface area is 226 Å². The van der Waals surface area contributed by atoms with E-state index in [4.69, 9.17) is 18.9 Å². The number of fused-ring (bicyclic) bond motifs is 1. The number of nitrogens with zero attached hydrogens (tertiary/aromatic N) is 3. The van der Waals surface area contributed by atoms with E-state index in [-0.39, 0.29) is 24.2 Å². The summed E-state index contributed by atoms with van der Waals surface area (Å²) in [5.74, 6) is 0.224. The molecule has 10 nitrogen and oxygen atoms in total. The first-order valence-electron chi connectivity index (χ1n) is 12.5. The van der Waals surface area contributed by atoms with Crippen molar-refractivity contribution in [3.8, 4) is 11.5 Å². The maximum absolute atomic E-state index is 13.4. The van der Waals surface area contributed by atoms with Crippen molar-refractivity contribution in [2.24, 2.45) is 10.9 Å². The topological polar surface area (TPSA) is 107 Å². The van der Waals surface area contributed by atoms with Crippen molar-refractivity contribution in [3.63, 3.8) is 0 Å². The fourth-order valence-corrected chi connectivity index (χ4v) is 5.93. The number of thioether (sulfide) groups is 1. The Balaban J connectivity index is 1.61. The molecule has 3 heterocycles. The van der Waals surface area contributed by atoms with Gasteiger partial charge in [0.15, 0.2) is 5.17 Å².